The van der Waals surface area contributed by atoms with Crippen molar-refractivity contribution in [2.24, 2.45) is 5.41 Å². The van der Waals surface area contributed by atoms with Crippen molar-refractivity contribution >= 4 is 11.6 Å². The third-order valence-electron chi connectivity index (χ3n) is 2.33. The third-order valence-corrected chi connectivity index (χ3v) is 2.60. The summed E-state index contributed by atoms with van der Waals surface area (Å²) in [5, 5.41) is 3.46. The lowest BCUT2D eigenvalue weighted by Gasteiger charge is -2.26. The third kappa shape index (κ3) is 7.60. The van der Waals surface area contributed by atoms with Gasteiger partial charge in [0.05, 0.1) is 6.61 Å². The molecule has 1 N–H and O–H groups in total. The van der Waals surface area contributed by atoms with Crippen LogP contribution in [-0.2, 0) is 4.74 Å². The first-order valence-corrected chi connectivity index (χ1v) is 5.83. The maximum Gasteiger partial charge on any atom is 0.0613 e. The van der Waals surface area contributed by atoms with E-state index in [1.54, 1.807) is 7.11 Å². The molecule has 3 heteroatoms. The molecular weight excluding hydrogens is 198 g/mol. The summed E-state index contributed by atoms with van der Waals surface area (Å²) in [6.45, 7) is 8.47. The molecule has 0 aliphatic heterocycles. The summed E-state index contributed by atoms with van der Waals surface area (Å²) in [5.41, 5.74) is 0.330. The maximum absolute atomic E-state index is 5.68. The van der Waals surface area contributed by atoms with Crippen LogP contribution in [0.1, 0.15) is 33.6 Å². The van der Waals surface area contributed by atoms with E-state index in [0.29, 0.717) is 11.5 Å². The van der Waals surface area contributed by atoms with Crippen LogP contribution in [0.2, 0.25) is 0 Å². The van der Waals surface area contributed by atoms with Gasteiger partial charge in [-0.3, -0.25) is 0 Å². The second kappa shape index (κ2) is 7.49. The summed E-state index contributed by atoms with van der Waals surface area (Å²) in [4.78, 5) is 0. The monoisotopic (exact) mass is 221 g/mol. The number of rotatable bonds is 8. The Balaban J connectivity index is 3.63. The minimum absolute atomic E-state index is 0.330. The fourth-order valence-electron chi connectivity index (χ4n) is 1.39. The molecule has 0 amide bonds. The van der Waals surface area contributed by atoms with Crippen LogP contribution < -0.4 is 5.32 Å². The van der Waals surface area contributed by atoms with E-state index in [9.17, 15) is 0 Å². The highest BCUT2D eigenvalue weighted by atomic mass is 35.5. The molecule has 0 aromatic heterocycles. The van der Waals surface area contributed by atoms with Crippen molar-refractivity contribution < 1.29 is 4.74 Å². The summed E-state index contributed by atoms with van der Waals surface area (Å²) < 4.78 is 5.07. The fraction of sp³-hybridized carbons (Fsp3) is 1.00. The molecule has 0 saturated heterocycles. The van der Waals surface area contributed by atoms with E-state index in [4.69, 9.17) is 16.3 Å². The maximum atomic E-state index is 5.68. The van der Waals surface area contributed by atoms with Crippen molar-refractivity contribution in [3.63, 3.8) is 0 Å². The molecule has 0 heterocycles. The highest BCUT2D eigenvalue weighted by Gasteiger charge is 2.17. The topological polar surface area (TPSA) is 21.3 Å². The molecule has 0 rings (SSSR count). The van der Waals surface area contributed by atoms with Gasteiger partial charge in [0.15, 0.2) is 0 Å². The first kappa shape index (κ1) is 14.2. The Morgan fingerprint density at radius 2 is 2.07 bits per heavy atom. The number of hydrogen-bond donors (Lipinski definition) is 1. The lowest BCUT2D eigenvalue weighted by atomic mass is 9.88. The summed E-state index contributed by atoms with van der Waals surface area (Å²) in [5.74, 6) is 0.761. The van der Waals surface area contributed by atoms with Gasteiger partial charge in [-0.2, -0.15) is 0 Å². The first-order chi connectivity index (χ1) is 6.52. The zero-order chi connectivity index (χ0) is 11.0. The van der Waals surface area contributed by atoms with E-state index in [1.807, 2.05) is 0 Å². The van der Waals surface area contributed by atoms with Crippen LogP contribution >= 0.6 is 11.6 Å². The molecule has 0 saturated carbocycles. The first-order valence-electron chi connectivity index (χ1n) is 5.30. The summed E-state index contributed by atoms with van der Waals surface area (Å²) >= 11 is 5.68. The van der Waals surface area contributed by atoms with Crippen LogP contribution in [0.3, 0.4) is 0 Å². The molecule has 0 aromatic carbocycles. The van der Waals surface area contributed by atoms with Crippen molar-refractivity contribution in [3.05, 3.63) is 0 Å². The molecule has 0 aliphatic carbocycles. The van der Waals surface area contributed by atoms with Crippen molar-refractivity contribution in [2.45, 2.75) is 39.7 Å². The molecule has 0 radical (unpaired) electrons. The fourth-order valence-corrected chi connectivity index (χ4v) is 1.53. The summed E-state index contributed by atoms with van der Waals surface area (Å²) in [7, 11) is 1.73. The Bertz CT molecular complexity index is 139. The Labute approximate surface area is 93.4 Å². The van der Waals surface area contributed by atoms with Crippen LogP contribution in [0, 0.1) is 5.41 Å². The highest BCUT2D eigenvalue weighted by Crippen LogP contribution is 2.21. The van der Waals surface area contributed by atoms with Crippen molar-refractivity contribution in [2.75, 3.05) is 26.1 Å². The van der Waals surface area contributed by atoms with E-state index < -0.39 is 0 Å². The minimum Gasteiger partial charge on any atom is -0.383 e. The van der Waals surface area contributed by atoms with E-state index in [2.05, 4.69) is 26.1 Å². The molecule has 14 heavy (non-hydrogen) atoms. The van der Waals surface area contributed by atoms with Gasteiger partial charge >= 0.3 is 0 Å². The standard InChI is InChI=1S/C11H24ClNO/c1-10(8-14-4)13-9-11(2,3)6-5-7-12/h10,13H,5-9H2,1-4H3. The molecule has 0 bridgehead atoms. The van der Waals surface area contributed by atoms with Gasteiger partial charge in [0.25, 0.3) is 0 Å². The number of alkyl halides is 1. The number of methoxy groups -OCH3 is 1. The molecular formula is C11H24ClNO. The van der Waals surface area contributed by atoms with Crippen molar-refractivity contribution in [1.82, 2.24) is 5.32 Å². The van der Waals surface area contributed by atoms with Gasteiger partial charge in [0.1, 0.15) is 0 Å². The van der Waals surface area contributed by atoms with Crippen molar-refractivity contribution in [3.8, 4) is 0 Å². The Morgan fingerprint density at radius 3 is 2.57 bits per heavy atom. The normalized spacial score (nSPS) is 14.4. The molecule has 86 valence electrons. The molecule has 2 nitrogen and oxygen atoms in total. The molecule has 1 atom stereocenters. The molecule has 0 aromatic rings. The Kier molecular flexibility index (Phi) is 7.61. The summed E-state index contributed by atoms with van der Waals surface area (Å²) in [6, 6.07) is 0.426. The summed E-state index contributed by atoms with van der Waals surface area (Å²) in [6.07, 6.45) is 2.26. The second-order valence-electron chi connectivity index (χ2n) is 4.69. The smallest absolute Gasteiger partial charge is 0.0613 e. The lowest BCUT2D eigenvalue weighted by molar-refractivity contribution is 0.164. The predicted octanol–water partition coefficient (Wildman–Crippen LogP) is 2.66. The van der Waals surface area contributed by atoms with Crippen LogP contribution in [0.25, 0.3) is 0 Å². The zero-order valence-corrected chi connectivity index (χ0v) is 10.7. The van der Waals surface area contributed by atoms with E-state index in [1.165, 1.54) is 6.42 Å². The largest absolute Gasteiger partial charge is 0.383 e. The zero-order valence-electron chi connectivity index (χ0n) is 9.90. The van der Waals surface area contributed by atoms with Gasteiger partial charge in [-0.1, -0.05) is 13.8 Å². The Hall–Kier alpha value is 0.210. The van der Waals surface area contributed by atoms with E-state index in [-0.39, 0.29) is 0 Å². The van der Waals surface area contributed by atoms with Gasteiger partial charge in [0.2, 0.25) is 0 Å². The molecule has 0 aliphatic rings. The van der Waals surface area contributed by atoms with E-state index in [0.717, 1.165) is 25.5 Å². The average Bonchev–Trinajstić information content (AvgIpc) is 2.13. The average molecular weight is 222 g/mol. The lowest BCUT2D eigenvalue weighted by Crippen LogP contribution is -2.37. The second-order valence-corrected chi connectivity index (χ2v) is 5.07. The van der Waals surface area contributed by atoms with E-state index >= 15 is 0 Å². The quantitative estimate of drug-likeness (QED) is 0.637. The number of nitrogens with one attached hydrogen (secondary N) is 1. The predicted molar refractivity (Wildman–Crippen MR) is 63.1 cm³/mol. The highest BCUT2D eigenvalue weighted by molar-refractivity contribution is 6.17. The van der Waals surface area contributed by atoms with Gasteiger partial charge in [-0.15, -0.1) is 11.6 Å². The molecule has 0 spiro atoms. The van der Waals surface area contributed by atoms with Crippen LogP contribution in [0.5, 0.6) is 0 Å². The van der Waals surface area contributed by atoms with Gasteiger partial charge < -0.3 is 10.1 Å². The Morgan fingerprint density at radius 1 is 1.43 bits per heavy atom. The SMILES string of the molecule is COCC(C)NCC(C)(C)CCCCl. The van der Waals surface area contributed by atoms with Gasteiger partial charge in [-0.05, 0) is 25.2 Å². The minimum atomic E-state index is 0.330. The van der Waals surface area contributed by atoms with Gasteiger partial charge in [-0.25, -0.2) is 0 Å². The number of ether oxygens (including phenoxy) is 1. The number of halogens is 1. The van der Waals surface area contributed by atoms with Crippen LogP contribution in [-0.4, -0.2) is 32.2 Å². The van der Waals surface area contributed by atoms with Crippen LogP contribution in [0.15, 0.2) is 0 Å². The van der Waals surface area contributed by atoms with Gasteiger partial charge in [0, 0.05) is 25.6 Å². The van der Waals surface area contributed by atoms with Crippen LogP contribution in [0.4, 0.5) is 0 Å². The van der Waals surface area contributed by atoms with Crippen molar-refractivity contribution in [1.29, 1.82) is 0 Å². The number of hydrogen-bond acceptors (Lipinski definition) is 2. The molecule has 0 fully saturated rings. The molecule has 1 unspecified atom stereocenters.